The van der Waals surface area contributed by atoms with Gasteiger partial charge in [0.15, 0.2) is 0 Å². The van der Waals surface area contributed by atoms with Crippen LogP contribution in [0.4, 0.5) is 0 Å². The fourth-order valence-electron chi connectivity index (χ4n) is 4.70. The Kier molecular flexibility index (Phi) is 3.80. The van der Waals surface area contributed by atoms with E-state index in [1.807, 2.05) is 18.2 Å². The molecule has 1 aliphatic carbocycles. The molecule has 4 nitrogen and oxygen atoms in total. The van der Waals surface area contributed by atoms with Crippen molar-refractivity contribution in [2.24, 2.45) is 5.92 Å². The molecule has 4 aliphatic rings. The Balaban J connectivity index is 1.40. The molecule has 4 heterocycles. The number of nitrogens with one attached hydrogen (secondary N) is 1. The molecule has 1 amide bonds. The fourth-order valence-corrected chi connectivity index (χ4v) is 5.71. The molecule has 1 N–H and O–H groups in total. The van der Waals surface area contributed by atoms with Crippen LogP contribution in [0.25, 0.3) is 10.1 Å². The Labute approximate surface area is 158 Å². The van der Waals surface area contributed by atoms with Crippen molar-refractivity contribution in [3.8, 4) is 5.75 Å². The van der Waals surface area contributed by atoms with Crippen molar-refractivity contribution < 1.29 is 9.53 Å². The third kappa shape index (κ3) is 2.72. The Morgan fingerprint density at radius 3 is 2.69 bits per heavy atom. The van der Waals surface area contributed by atoms with E-state index in [2.05, 4.69) is 30.1 Å². The van der Waals surface area contributed by atoms with E-state index in [-0.39, 0.29) is 17.5 Å². The predicted molar refractivity (Wildman–Crippen MR) is 105 cm³/mol. The first-order valence-electron chi connectivity index (χ1n) is 9.77. The van der Waals surface area contributed by atoms with Gasteiger partial charge in [-0.3, -0.25) is 9.69 Å². The molecule has 1 saturated carbocycles. The number of amides is 1. The zero-order chi connectivity index (χ0) is 17.9. The standard InChI is InChI=1S/C21H26N2O2S/c1-21(2)19(13-8-10-23(21)11-9-13)22-20(24)17-12-14-4-3-5-16(18(14)26-17)25-15-6-7-15/h3-5,12-13,15,19H,6-11H2,1-2H3,(H,22,24). The van der Waals surface area contributed by atoms with Crippen LogP contribution >= 0.6 is 11.3 Å². The van der Waals surface area contributed by atoms with Crippen LogP contribution in [-0.2, 0) is 0 Å². The van der Waals surface area contributed by atoms with E-state index in [9.17, 15) is 4.79 Å². The molecule has 3 aliphatic heterocycles. The van der Waals surface area contributed by atoms with Gasteiger partial charge in [0.05, 0.1) is 15.7 Å². The SMILES string of the molecule is CC1(C)C(NC(=O)c2cc3cccc(OC4CC4)c3s2)C2CCN1CC2. The molecule has 1 aromatic carbocycles. The summed E-state index contributed by atoms with van der Waals surface area (Å²) in [7, 11) is 0. The largest absolute Gasteiger partial charge is 0.489 e. The van der Waals surface area contributed by atoms with Crippen molar-refractivity contribution in [1.82, 2.24) is 10.2 Å². The third-order valence-electron chi connectivity index (χ3n) is 6.42. The molecule has 138 valence electrons. The zero-order valence-corrected chi connectivity index (χ0v) is 16.3. The summed E-state index contributed by atoms with van der Waals surface area (Å²) in [5.41, 5.74) is 0.0355. The molecule has 1 atom stereocenters. The second-order valence-corrected chi connectivity index (χ2v) is 9.58. The molecule has 2 aromatic rings. The van der Waals surface area contributed by atoms with Crippen LogP contribution in [-0.4, -0.2) is 41.6 Å². The first-order valence-corrected chi connectivity index (χ1v) is 10.6. The maximum atomic E-state index is 13.0. The van der Waals surface area contributed by atoms with Crippen LogP contribution in [0.15, 0.2) is 24.3 Å². The lowest BCUT2D eigenvalue weighted by Gasteiger charge is -2.56. The van der Waals surface area contributed by atoms with E-state index in [1.165, 1.54) is 12.8 Å². The van der Waals surface area contributed by atoms with Crippen molar-refractivity contribution >= 4 is 27.3 Å². The molecule has 0 spiro atoms. The lowest BCUT2D eigenvalue weighted by Crippen LogP contribution is -2.69. The monoisotopic (exact) mass is 370 g/mol. The zero-order valence-electron chi connectivity index (χ0n) is 15.5. The van der Waals surface area contributed by atoms with Crippen LogP contribution < -0.4 is 10.1 Å². The lowest BCUT2D eigenvalue weighted by molar-refractivity contribution is -0.0377. The van der Waals surface area contributed by atoms with Gasteiger partial charge in [-0.25, -0.2) is 0 Å². The van der Waals surface area contributed by atoms with Gasteiger partial charge in [0.25, 0.3) is 5.91 Å². The number of fused-ring (bicyclic) bond motifs is 4. The molecule has 4 fully saturated rings. The summed E-state index contributed by atoms with van der Waals surface area (Å²) in [6, 6.07) is 8.36. The van der Waals surface area contributed by atoms with E-state index in [1.54, 1.807) is 11.3 Å². The van der Waals surface area contributed by atoms with Gasteiger partial charge >= 0.3 is 0 Å². The molecule has 1 aromatic heterocycles. The number of ether oxygens (including phenoxy) is 1. The fraction of sp³-hybridized carbons (Fsp3) is 0.571. The van der Waals surface area contributed by atoms with Gasteiger partial charge < -0.3 is 10.1 Å². The highest BCUT2D eigenvalue weighted by molar-refractivity contribution is 7.21. The summed E-state index contributed by atoms with van der Waals surface area (Å²) in [6.07, 6.45) is 5.04. The van der Waals surface area contributed by atoms with Gasteiger partial charge in [0.1, 0.15) is 5.75 Å². The number of hydrogen-bond acceptors (Lipinski definition) is 4. The molecular formula is C21H26N2O2S. The minimum Gasteiger partial charge on any atom is -0.489 e. The van der Waals surface area contributed by atoms with Crippen molar-refractivity contribution in [3.05, 3.63) is 29.1 Å². The summed E-state index contributed by atoms with van der Waals surface area (Å²) in [4.78, 5) is 16.4. The van der Waals surface area contributed by atoms with Gasteiger partial charge in [-0.1, -0.05) is 12.1 Å². The number of nitrogens with zero attached hydrogens (tertiary/aromatic N) is 1. The number of rotatable bonds is 4. The molecule has 26 heavy (non-hydrogen) atoms. The van der Waals surface area contributed by atoms with Gasteiger partial charge in [0, 0.05) is 11.6 Å². The number of piperidine rings is 3. The van der Waals surface area contributed by atoms with Crippen LogP contribution in [0, 0.1) is 5.92 Å². The quantitative estimate of drug-likeness (QED) is 0.883. The van der Waals surface area contributed by atoms with E-state index in [4.69, 9.17) is 4.74 Å². The van der Waals surface area contributed by atoms with Crippen LogP contribution in [0.2, 0.25) is 0 Å². The summed E-state index contributed by atoms with van der Waals surface area (Å²) < 4.78 is 7.12. The van der Waals surface area contributed by atoms with Gasteiger partial charge in [-0.05, 0) is 76.1 Å². The van der Waals surface area contributed by atoms with E-state index >= 15 is 0 Å². The van der Waals surface area contributed by atoms with E-state index < -0.39 is 0 Å². The lowest BCUT2D eigenvalue weighted by atomic mass is 9.72. The smallest absolute Gasteiger partial charge is 0.261 e. The normalized spacial score (nSPS) is 29.7. The van der Waals surface area contributed by atoms with Crippen LogP contribution in [0.5, 0.6) is 5.75 Å². The number of benzene rings is 1. The average Bonchev–Trinajstić information content (AvgIpc) is 3.33. The van der Waals surface area contributed by atoms with Crippen molar-refractivity contribution in [2.75, 3.05) is 13.1 Å². The second-order valence-electron chi connectivity index (χ2n) is 8.53. The van der Waals surface area contributed by atoms with E-state index in [0.717, 1.165) is 46.6 Å². The number of thiophene rings is 1. The Hall–Kier alpha value is -1.59. The molecule has 2 bridgehead atoms. The topological polar surface area (TPSA) is 41.6 Å². The highest BCUT2D eigenvalue weighted by atomic mass is 32.1. The molecule has 5 heteroatoms. The summed E-state index contributed by atoms with van der Waals surface area (Å²) >= 11 is 1.56. The molecular weight excluding hydrogens is 344 g/mol. The minimum atomic E-state index is 0.0355. The third-order valence-corrected chi connectivity index (χ3v) is 7.59. The van der Waals surface area contributed by atoms with Crippen molar-refractivity contribution in [3.63, 3.8) is 0 Å². The number of hydrogen-bond donors (Lipinski definition) is 1. The van der Waals surface area contributed by atoms with Crippen molar-refractivity contribution in [2.45, 2.75) is 57.2 Å². The maximum Gasteiger partial charge on any atom is 0.261 e. The van der Waals surface area contributed by atoms with Gasteiger partial charge in [0.2, 0.25) is 0 Å². The molecule has 0 radical (unpaired) electrons. The predicted octanol–water partition coefficient (Wildman–Crippen LogP) is 4.05. The van der Waals surface area contributed by atoms with E-state index in [0.29, 0.717) is 12.0 Å². The minimum absolute atomic E-state index is 0.0355. The second kappa shape index (κ2) is 5.96. The highest BCUT2D eigenvalue weighted by Gasteiger charge is 2.48. The van der Waals surface area contributed by atoms with Crippen molar-refractivity contribution in [1.29, 1.82) is 0 Å². The highest BCUT2D eigenvalue weighted by Crippen LogP contribution is 2.40. The molecule has 1 unspecified atom stereocenters. The first-order chi connectivity index (χ1) is 12.5. The summed E-state index contributed by atoms with van der Waals surface area (Å²) in [6.45, 7) is 6.87. The van der Waals surface area contributed by atoms with Crippen LogP contribution in [0.3, 0.4) is 0 Å². The van der Waals surface area contributed by atoms with Gasteiger partial charge in [-0.15, -0.1) is 11.3 Å². The average molecular weight is 371 g/mol. The maximum absolute atomic E-state index is 13.0. The summed E-state index contributed by atoms with van der Waals surface area (Å²) in [5.74, 6) is 1.59. The Morgan fingerprint density at radius 2 is 2.00 bits per heavy atom. The molecule has 6 rings (SSSR count). The Morgan fingerprint density at radius 1 is 1.23 bits per heavy atom. The van der Waals surface area contributed by atoms with Crippen LogP contribution in [0.1, 0.15) is 49.2 Å². The van der Waals surface area contributed by atoms with Gasteiger partial charge in [-0.2, -0.15) is 0 Å². The molecule has 3 saturated heterocycles. The number of carbonyl (C=O) groups is 1. The summed E-state index contributed by atoms with van der Waals surface area (Å²) in [5, 5.41) is 4.48. The Bertz CT molecular complexity index is 847. The number of carbonyl (C=O) groups excluding carboxylic acids is 1. The first kappa shape index (κ1) is 16.6.